The number of hydrogen-bond acceptors (Lipinski definition) is 32. The summed E-state index contributed by atoms with van der Waals surface area (Å²) in [6.07, 6.45) is -5.62. The Morgan fingerprint density at radius 3 is 1.06 bits per heavy atom. The van der Waals surface area contributed by atoms with Crippen molar-refractivity contribution in [3.8, 4) is 0 Å². The topological polar surface area (TPSA) is 624 Å². The minimum absolute atomic E-state index is 0.0225. The van der Waals surface area contributed by atoms with Gasteiger partial charge >= 0.3 is 0 Å². The van der Waals surface area contributed by atoms with Gasteiger partial charge in [0, 0.05) is 151 Å². The Bertz CT molecular complexity index is 3020. The molecular weight excluding hydrogens is 1660 g/mol. The number of amides is 11. The second kappa shape index (κ2) is 65.0. The third kappa shape index (κ3) is 47.2. The van der Waals surface area contributed by atoms with Crippen LogP contribution in [0.3, 0.4) is 0 Å². The summed E-state index contributed by atoms with van der Waals surface area (Å²) >= 11 is 0. The molecule has 0 spiro atoms. The Kier molecular flexibility index (Phi) is 57.6. The summed E-state index contributed by atoms with van der Waals surface area (Å²) < 4.78 is 64.2. The maximum Gasteiger partial charge on any atom is 0.222 e. The van der Waals surface area contributed by atoms with E-state index < -0.39 is 135 Å². The molecule has 4 saturated heterocycles. The number of aliphatic hydroxyl groups excluding tert-OH is 10. The predicted octanol–water partition coefficient (Wildman–Crippen LogP) is -4.33. The van der Waals surface area contributed by atoms with Gasteiger partial charge in [-0.3, -0.25) is 52.7 Å². The molecule has 126 heavy (non-hydrogen) atoms. The molecule has 18 atom stereocenters. The standard InChI is InChI=1S/C83H149N11O32/c1-53(2)123-60-44-58(124-61(60)46-95)45-90-67(106)23-12-10-8-6-7-9-11-13-27-71(110)94-83(51-117-41-29-69(108)88-35-21-32-85-65(104)25-15-18-38-120-81-73(92-55(4)99)78(114)76(112)62(47-96)125-81,52-118-42-30-70(109)89-36-22-33-86-66(105)26-16-19-39-121-82-74(93-56(5)100)79(115)77(113)63(48-97)126-82)50-116-40-28-68(107)87-34-20-31-84-64(103)24-14-17-37-119-80-72(91-54(3)98)75(111)59(102)43-57(101)49-122-80/h53,57-63,72-82,95-97,101-102,111-115H,6-52H2,1-5H3,(H,84,103)(H,85,104)(H,86,105)(H,87,107)(H,88,108)(H,89,109)(H,90,106)(H,91,98)(H,92,99)(H,93,100)(H,94,110). The van der Waals surface area contributed by atoms with Crippen molar-refractivity contribution in [1.29, 1.82) is 0 Å². The summed E-state index contributed by atoms with van der Waals surface area (Å²) in [5.74, 6) is -3.82. The number of unbranched alkanes of at least 4 members (excludes halogenated alkanes) is 10. The van der Waals surface area contributed by atoms with Gasteiger partial charge in [0.2, 0.25) is 65.0 Å². The Balaban J connectivity index is 1.31. The summed E-state index contributed by atoms with van der Waals surface area (Å²) in [6.45, 7) is 6.67. The summed E-state index contributed by atoms with van der Waals surface area (Å²) in [6, 6.07) is -3.32. The molecule has 0 aromatic heterocycles. The highest BCUT2D eigenvalue weighted by atomic mass is 16.7. The van der Waals surface area contributed by atoms with Gasteiger partial charge in [-0.05, 0) is 84.5 Å². The Labute approximate surface area is 738 Å². The lowest BCUT2D eigenvalue weighted by Crippen LogP contribution is -2.64. The van der Waals surface area contributed by atoms with Crippen LogP contribution in [0.4, 0.5) is 0 Å². The minimum atomic E-state index is -1.48. The third-order valence-corrected chi connectivity index (χ3v) is 21.1. The molecule has 43 nitrogen and oxygen atoms in total. The van der Waals surface area contributed by atoms with Crippen molar-refractivity contribution < 1.29 is 156 Å². The number of nitrogens with one attached hydrogen (secondary N) is 11. The van der Waals surface area contributed by atoms with Crippen LogP contribution in [0.5, 0.6) is 0 Å². The maximum atomic E-state index is 14.1. The van der Waals surface area contributed by atoms with Gasteiger partial charge in [-0.25, -0.2) is 0 Å². The summed E-state index contributed by atoms with van der Waals surface area (Å²) in [7, 11) is 0. The molecule has 18 unspecified atom stereocenters. The number of ether oxygens (including phenoxy) is 11. The van der Waals surface area contributed by atoms with Crippen LogP contribution in [0.25, 0.3) is 0 Å². The largest absolute Gasteiger partial charge is 0.394 e. The van der Waals surface area contributed by atoms with E-state index in [1.807, 2.05) is 13.8 Å². The lowest BCUT2D eigenvalue weighted by molar-refractivity contribution is -0.270. The highest BCUT2D eigenvalue weighted by Gasteiger charge is 2.48. The first-order valence-electron chi connectivity index (χ1n) is 44.8. The predicted molar refractivity (Wildman–Crippen MR) is 449 cm³/mol. The van der Waals surface area contributed by atoms with E-state index in [-0.39, 0.29) is 229 Å². The zero-order valence-corrected chi connectivity index (χ0v) is 74.2. The van der Waals surface area contributed by atoms with Crippen molar-refractivity contribution in [2.75, 3.05) is 132 Å². The molecule has 4 aliphatic heterocycles. The van der Waals surface area contributed by atoms with E-state index in [0.717, 1.165) is 38.5 Å². The fourth-order valence-corrected chi connectivity index (χ4v) is 14.3. The second-order valence-corrected chi connectivity index (χ2v) is 32.7. The number of hydrogen-bond donors (Lipinski definition) is 21. The van der Waals surface area contributed by atoms with Crippen LogP contribution in [-0.4, -0.2) is 370 Å². The zero-order chi connectivity index (χ0) is 92.6. The van der Waals surface area contributed by atoms with Crippen molar-refractivity contribution in [1.82, 2.24) is 58.5 Å². The molecule has 4 aliphatic rings. The lowest BCUT2D eigenvalue weighted by atomic mass is 9.97. The molecule has 0 aromatic rings. The van der Waals surface area contributed by atoms with E-state index >= 15 is 0 Å². The van der Waals surface area contributed by atoms with Gasteiger partial charge in [0.1, 0.15) is 72.5 Å². The summed E-state index contributed by atoms with van der Waals surface area (Å²) in [4.78, 5) is 140. The van der Waals surface area contributed by atoms with Crippen LogP contribution in [-0.2, 0) is 105 Å². The molecule has 11 amide bonds. The van der Waals surface area contributed by atoms with Crippen LogP contribution < -0.4 is 58.5 Å². The zero-order valence-electron chi connectivity index (χ0n) is 74.2. The smallest absolute Gasteiger partial charge is 0.222 e. The second-order valence-electron chi connectivity index (χ2n) is 32.7. The van der Waals surface area contributed by atoms with Gasteiger partial charge in [0.15, 0.2) is 18.9 Å². The molecule has 21 N–H and O–H groups in total. The van der Waals surface area contributed by atoms with E-state index in [9.17, 15) is 104 Å². The molecule has 43 heteroatoms. The van der Waals surface area contributed by atoms with Crippen LogP contribution >= 0.6 is 0 Å². The number of rotatable bonds is 67. The number of aliphatic hydroxyl groups is 10. The molecule has 0 aliphatic carbocycles. The molecule has 4 rings (SSSR count). The molecule has 0 bridgehead atoms. The van der Waals surface area contributed by atoms with Crippen LogP contribution in [0.15, 0.2) is 0 Å². The average Bonchev–Trinajstić information content (AvgIpc) is 1.12. The first kappa shape index (κ1) is 112. The molecule has 0 saturated carbocycles. The molecule has 4 fully saturated rings. The molecule has 0 radical (unpaired) electrons. The Hall–Kier alpha value is -6.67. The quantitative estimate of drug-likeness (QED) is 0.0256. The highest BCUT2D eigenvalue weighted by molar-refractivity contribution is 5.79. The minimum Gasteiger partial charge on any atom is -0.394 e. The van der Waals surface area contributed by atoms with E-state index in [4.69, 9.17) is 52.1 Å². The van der Waals surface area contributed by atoms with Crippen molar-refractivity contribution >= 4 is 65.0 Å². The van der Waals surface area contributed by atoms with Crippen LogP contribution in [0.2, 0.25) is 0 Å². The van der Waals surface area contributed by atoms with Crippen molar-refractivity contribution in [3.63, 3.8) is 0 Å². The van der Waals surface area contributed by atoms with Gasteiger partial charge in [0.25, 0.3) is 0 Å². The van der Waals surface area contributed by atoms with E-state index in [0.29, 0.717) is 90.0 Å². The molecule has 0 aromatic carbocycles. The first-order valence-corrected chi connectivity index (χ1v) is 44.8. The van der Waals surface area contributed by atoms with Crippen LogP contribution in [0.1, 0.15) is 208 Å². The highest BCUT2D eigenvalue weighted by Crippen LogP contribution is 2.27. The Morgan fingerprint density at radius 1 is 0.365 bits per heavy atom. The van der Waals surface area contributed by atoms with E-state index in [2.05, 4.69) is 58.5 Å². The van der Waals surface area contributed by atoms with Gasteiger partial charge < -0.3 is 162 Å². The molecule has 4 heterocycles. The van der Waals surface area contributed by atoms with Gasteiger partial charge in [-0.2, -0.15) is 0 Å². The maximum absolute atomic E-state index is 14.1. The monoisotopic (exact) mass is 1810 g/mol. The molecular formula is C83H149N11O32. The van der Waals surface area contributed by atoms with Gasteiger partial charge in [-0.1, -0.05) is 38.5 Å². The van der Waals surface area contributed by atoms with Crippen molar-refractivity contribution in [3.05, 3.63) is 0 Å². The SMILES string of the molecule is CC(=O)NC1C(OCCCCC(=O)NCCCNC(=O)CCOCC(COCCC(=O)NCCCNC(=O)CCCCOC2OC(CO)C(O)C(O)C2NC(C)=O)(COCCC(=O)NCCCNC(=O)CCCCOC2OC(CO)C(O)C(O)C2NC(C)=O)NC(=O)CCCCCCCCCCC(=O)NCC2CC(OC(C)C)C(CO)O2)OCC(O)CC(O)C1O. The number of carbonyl (C=O) groups excluding carboxylic acids is 11. The fraction of sp³-hybridized carbons (Fsp3) is 0.867. The average molecular weight is 1810 g/mol. The number of carbonyl (C=O) groups is 11. The van der Waals surface area contributed by atoms with Gasteiger partial charge in [0.05, 0.1) is 96.6 Å². The summed E-state index contributed by atoms with van der Waals surface area (Å²) in [5.41, 5.74) is -1.44. The fourth-order valence-electron chi connectivity index (χ4n) is 14.3. The molecule has 728 valence electrons. The first-order chi connectivity index (χ1) is 60.4. The van der Waals surface area contributed by atoms with Crippen LogP contribution in [0, 0.1) is 0 Å². The van der Waals surface area contributed by atoms with Gasteiger partial charge in [-0.15, -0.1) is 0 Å². The van der Waals surface area contributed by atoms with E-state index in [1.54, 1.807) is 0 Å². The normalized spacial score (nSPS) is 25.4. The third-order valence-electron chi connectivity index (χ3n) is 21.1. The van der Waals surface area contributed by atoms with E-state index in [1.165, 1.54) is 20.8 Å². The summed E-state index contributed by atoms with van der Waals surface area (Å²) in [5, 5.41) is 132. The van der Waals surface area contributed by atoms with Crippen molar-refractivity contribution in [2.24, 2.45) is 0 Å². The lowest BCUT2D eigenvalue weighted by Gasteiger charge is -2.42. The Morgan fingerprint density at radius 2 is 0.698 bits per heavy atom. The van der Waals surface area contributed by atoms with Crippen molar-refractivity contribution in [2.45, 2.75) is 330 Å².